The molecular weight excluding hydrogens is 563 g/mol. The van der Waals surface area contributed by atoms with Crippen molar-refractivity contribution in [2.75, 3.05) is 18.4 Å². The molecule has 0 aromatic heterocycles. The van der Waals surface area contributed by atoms with Crippen LogP contribution in [0.4, 0.5) is 10.1 Å². The van der Waals surface area contributed by atoms with Crippen molar-refractivity contribution in [3.05, 3.63) is 94.8 Å². The van der Waals surface area contributed by atoms with Crippen LogP contribution in [-0.4, -0.2) is 55.9 Å². The first-order valence-corrected chi connectivity index (χ1v) is 15.8. The summed E-state index contributed by atoms with van der Waals surface area (Å²) in [7, 11) is -3.74. The lowest BCUT2D eigenvalue weighted by Crippen LogP contribution is -2.58. The molecule has 1 heterocycles. The minimum absolute atomic E-state index is 0.0727. The molecule has 220 valence electrons. The fourth-order valence-electron chi connectivity index (χ4n) is 5.32. The number of carbonyl (C=O) groups is 1. The minimum atomic E-state index is -3.74. The van der Waals surface area contributed by atoms with E-state index < -0.39 is 21.9 Å². The van der Waals surface area contributed by atoms with Gasteiger partial charge in [-0.2, -0.15) is 4.31 Å². The molecule has 0 aliphatic carbocycles. The highest BCUT2D eigenvalue weighted by Gasteiger charge is 2.37. The average molecular weight is 601 g/mol. The highest BCUT2D eigenvalue weighted by molar-refractivity contribution is 7.89. The van der Waals surface area contributed by atoms with Crippen molar-refractivity contribution in [3.8, 4) is 0 Å². The molecule has 0 radical (unpaired) electrons. The van der Waals surface area contributed by atoms with E-state index in [2.05, 4.69) is 16.0 Å². The van der Waals surface area contributed by atoms with Gasteiger partial charge in [-0.1, -0.05) is 48.0 Å². The number of nitrogens with zero attached hydrogens (tertiary/aromatic N) is 1. The number of anilines is 1. The second-order valence-corrected chi connectivity index (χ2v) is 13.1. The Labute approximate surface area is 247 Å². The van der Waals surface area contributed by atoms with Crippen LogP contribution in [0.5, 0.6) is 0 Å². The van der Waals surface area contributed by atoms with Gasteiger partial charge in [0.05, 0.1) is 4.90 Å². The summed E-state index contributed by atoms with van der Waals surface area (Å²) in [5.41, 5.74) is 1.79. The number of halogens is 2. The molecule has 0 unspecified atom stereocenters. The molecule has 3 aromatic rings. The van der Waals surface area contributed by atoms with Crippen molar-refractivity contribution in [1.29, 1.82) is 0 Å². The zero-order valence-electron chi connectivity index (χ0n) is 23.6. The maximum absolute atomic E-state index is 15.3. The third-order valence-corrected chi connectivity index (χ3v) is 9.50. The van der Waals surface area contributed by atoms with Crippen LogP contribution in [0, 0.1) is 5.82 Å². The van der Waals surface area contributed by atoms with E-state index in [1.54, 1.807) is 52.8 Å². The first-order valence-electron chi connectivity index (χ1n) is 13.9. The van der Waals surface area contributed by atoms with Gasteiger partial charge in [-0.25, -0.2) is 12.8 Å². The van der Waals surface area contributed by atoms with Crippen molar-refractivity contribution in [1.82, 2.24) is 14.9 Å². The summed E-state index contributed by atoms with van der Waals surface area (Å²) >= 11 is 6.18. The number of hydrogen-bond acceptors (Lipinski definition) is 5. The van der Waals surface area contributed by atoms with Gasteiger partial charge in [0.15, 0.2) is 0 Å². The van der Waals surface area contributed by atoms with Gasteiger partial charge >= 0.3 is 0 Å². The number of carbonyl (C=O) groups excluding carboxylic acids is 1. The van der Waals surface area contributed by atoms with Crippen molar-refractivity contribution < 1.29 is 17.6 Å². The van der Waals surface area contributed by atoms with Crippen LogP contribution in [0.15, 0.2) is 77.7 Å². The molecule has 41 heavy (non-hydrogen) atoms. The number of rotatable bonds is 11. The van der Waals surface area contributed by atoms with Gasteiger partial charge in [-0.3, -0.25) is 4.79 Å². The van der Waals surface area contributed by atoms with E-state index in [1.165, 1.54) is 6.07 Å². The van der Waals surface area contributed by atoms with Crippen LogP contribution in [0.3, 0.4) is 0 Å². The fourth-order valence-corrected chi connectivity index (χ4v) is 7.39. The number of hydrogen-bond donors (Lipinski definition) is 3. The molecule has 3 atom stereocenters. The molecule has 0 bridgehead atoms. The maximum atomic E-state index is 15.3. The molecule has 1 fully saturated rings. The monoisotopic (exact) mass is 600 g/mol. The van der Waals surface area contributed by atoms with Gasteiger partial charge in [0.2, 0.25) is 15.9 Å². The van der Waals surface area contributed by atoms with E-state index in [1.807, 2.05) is 39.0 Å². The number of nitrogens with one attached hydrogen (secondary N) is 3. The number of benzene rings is 3. The molecular formula is C31H38ClFN4O3S. The summed E-state index contributed by atoms with van der Waals surface area (Å²) in [5.74, 6) is -0.615. The highest BCUT2D eigenvalue weighted by atomic mass is 35.5. The summed E-state index contributed by atoms with van der Waals surface area (Å²) in [6, 6.07) is 19.1. The summed E-state index contributed by atoms with van der Waals surface area (Å²) in [5, 5.41) is 10.1. The van der Waals surface area contributed by atoms with E-state index in [-0.39, 0.29) is 35.3 Å². The zero-order chi connectivity index (χ0) is 29.6. The Balaban J connectivity index is 1.58. The third kappa shape index (κ3) is 7.86. The van der Waals surface area contributed by atoms with Gasteiger partial charge in [-0.15, -0.1) is 0 Å². The largest absolute Gasteiger partial charge is 0.373 e. The molecule has 1 aliphatic rings. The Morgan fingerprint density at radius 2 is 1.80 bits per heavy atom. The maximum Gasteiger partial charge on any atom is 0.243 e. The second-order valence-electron chi connectivity index (χ2n) is 10.8. The van der Waals surface area contributed by atoms with Crippen LogP contribution >= 0.6 is 11.6 Å². The Hall–Kier alpha value is -2.98. The van der Waals surface area contributed by atoms with Crippen molar-refractivity contribution in [2.45, 2.75) is 69.1 Å². The van der Waals surface area contributed by atoms with E-state index in [9.17, 15) is 13.2 Å². The van der Waals surface area contributed by atoms with Crippen LogP contribution in [0.2, 0.25) is 5.02 Å². The van der Waals surface area contributed by atoms with Crippen LogP contribution in [0.25, 0.3) is 0 Å². The third-order valence-electron chi connectivity index (χ3n) is 7.19. The van der Waals surface area contributed by atoms with Gasteiger partial charge in [0, 0.05) is 53.9 Å². The van der Waals surface area contributed by atoms with Gasteiger partial charge in [0.25, 0.3) is 0 Å². The molecule has 0 spiro atoms. The molecule has 7 nitrogen and oxygen atoms in total. The summed E-state index contributed by atoms with van der Waals surface area (Å²) in [6.07, 6.45) is 1.03. The smallest absolute Gasteiger partial charge is 0.243 e. The topological polar surface area (TPSA) is 90.5 Å². The normalized spacial score (nSPS) is 18.7. The lowest BCUT2D eigenvalue weighted by Gasteiger charge is -2.40. The summed E-state index contributed by atoms with van der Waals surface area (Å²) < 4.78 is 44.1. The van der Waals surface area contributed by atoms with E-state index in [0.29, 0.717) is 42.2 Å². The zero-order valence-corrected chi connectivity index (χ0v) is 25.2. The number of sulfonamides is 1. The Kier molecular flexibility index (Phi) is 10.4. The highest BCUT2D eigenvalue weighted by Crippen LogP contribution is 2.28. The van der Waals surface area contributed by atoms with Crippen molar-refractivity contribution in [3.63, 3.8) is 0 Å². The van der Waals surface area contributed by atoms with E-state index >= 15 is 4.39 Å². The van der Waals surface area contributed by atoms with Gasteiger partial charge in [-0.05, 0) is 75.6 Å². The Bertz CT molecular complexity index is 1440. The quantitative estimate of drug-likeness (QED) is 0.288. The Morgan fingerprint density at radius 3 is 2.51 bits per heavy atom. The summed E-state index contributed by atoms with van der Waals surface area (Å²) in [4.78, 5) is 13.4. The molecule has 3 aromatic carbocycles. The van der Waals surface area contributed by atoms with Crippen molar-refractivity contribution >= 4 is 33.2 Å². The lowest BCUT2D eigenvalue weighted by molar-refractivity contribution is -0.122. The average Bonchev–Trinajstić information content (AvgIpc) is 2.92. The van der Waals surface area contributed by atoms with Gasteiger partial charge in [0.1, 0.15) is 11.9 Å². The Morgan fingerprint density at radius 1 is 1.07 bits per heavy atom. The first-order chi connectivity index (χ1) is 19.6. The molecule has 3 N–H and O–H groups in total. The second kappa shape index (κ2) is 13.8. The lowest BCUT2D eigenvalue weighted by atomic mass is 9.99. The molecule has 1 aliphatic heterocycles. The van der Waals surface area contributed by atoms with Crippen molar-refractivity contribution in [2.24, 2.45) is 0 Å². The van der Waals surface area contributed by atoms with E-state index in [4.69, 9.17) is 11.6 Å². The number of amides is 1. The molecule has 0 saturated carbocycles. The minimum Gasteiger partial charge on any atom is -0.373 e. The molecule has 1 amide bonds. The molecule has 4 rings (SSSR count). The first kappa shape index (κ1) is 31.0. The molecule has 10 heteroatoms. The standard InChI is InChI=1S/C31H38ClFN4O3S/c1-21(2)35-31(38)30(18-23-9-7-10-24(32)17-23)36-29-14-8-13-28(33)27(29)16-15-25-20-34-19-22(3)37(25)41(39,40)26-11-5-4-6-12-26/h4-14,17,21-22,25,30,34,36H,15-16,18-20H2,1-3H3,(H,35,38)/t22-,25+,30+/m1/s1. The number of piperazine rings is 1. The van der Waals surface area contributed by atoms with Crippen LogP contribution in [0.1, 0.15) is 38.3 Å². The van der Waals surface area contributed by atoms with E-state index in [0.717, 1.165) is 5.56 Å². The fraction of sp³-hybridized carbons (Fsp3) is 0.387. The predicted molar refractivity (Wildman–Crippen MR) is 162 cm³/mol. The summed E-state index contributed by atoms with van der Waals surface area (Å²) in [6.45, 7) is 6.64. The van der Waals surface area contributed by atoms with Crippen LogP contribution in [-0.2, 0) is 27.7 Å². The molecule has 1 saturated heterocycles. The van der Waals surface area contributed by atoms with Gasteiger partial charge < -0.3 is 16.0 Å². The van der Waals surface area contributed by atoms with Crippen LogP contribution < -0.4 is 16.0 Å². The SMILES string of the molecule is CC(C)NC(=O)[C@H](Cc1cccc(Cl)c1)Nc1cccc(F)c1CC[C@H]1CNC[C@@H](C)N1S(=O)(=O)c1ccccc1. The predicted octanol–water partition coefficient (Wildman–Crippen LogP) is 5.01.